The molecule has 0 bridgehead atoms. The van der Waals surface area contributed by atoms with Gasteiger partial charge in [0, 0.05) is 23.3 Å². The second kappa shape index (κ2) is 4.28. The maximum Gasteiger partial charge on any atom is 0.358 e. The van der Waals surface area contributed by atoms with E-state index in [1.165, 1.54) is 25.1 Å². The minimum atomic E-state index is -1.20. The summed E-state index contributed by atoms with van der Waals surface area (Å²) in [5.74, 6) is -0.982. The van der Waals surface area contributed by atoms with Gasteiger partial charge in [0.15, 0.2) is 11.5 Å². The molecule has 92 valence electrons. The number of nitrogens with zero attached hydrogens (tertiary/aromatic N) is 2. The lowest BCUT2D eigenvalue weighted by Crippen LogP contribution is -1.98. The monoisotopic (exact) mass is 248 g/mol. The molecule has 0 aliphatic rings. The third-order valence-corrected chi connectivity index (χ3v) is 2.45. The second-order valence-electron chi connectivity index (χ2n) is 3.60. The van der Waals surface area contributed by atoms with Gasteiger partial charge in [-0.1, -0.05) is 17.3 Å². The lowest BCUT2D eigenvalue weighted by atomic mass is 10.1. The first-order valence-electron chi connectivity index (χ1n) is 4.95. The van der Waals surface area contributed by atoms with E-state index in [-0.39, 0.29) is 17.1 Å². The van der Waals surface area contributed by atoms with Crippen LogP contribution < -0.4 is 0 Å². The maximum atomic E-state index is 10.8. The fourth-order valence-corrected chi connectivity index (χ4v) is 1.57. The van der Waals surface area contributed by atoms with Crippen molar-refractivity contribution in [2.45, 2.75) is 6.92 Å². The molecular weight excluding hydrogens is 240 g/mol. The molecular formula is C11H8N2O5. The van der Waals surface area contributed by atoms with E-state index >= 15 is 0 Å². The molecule has 0 saturated heterocycles. The predicted octanol–water partition coefficient (Wildman–Crippen LogP) is 2.26. The van der Waals surface area contributed by atoms with Crippen LogP contribution in [-0.4, -0.2) is 21.2 Å². The van der Waals surface area contributed by atoms with Crippen LogP contribution in [0.25, 0.3) is 11.3 Å². The zero-order chi connectivity index (χ0) is 13.3. The largest absolute Gasteiger partial charge is 0.476 e. The maximum absolute atomic E-state index is 10.8. The summed E-state index contributed by atoms with van der Waals surface area (Å²) < 4.78 is 4.92. The first-order valence-corrected chi connectivity index (χ1v) is 4.95. The summed E-state index contributed by atoms with van der Waals surface area (Å²) in [4.78, 5) is 20.9. The highest BCUT2D eigenvalue weighted by molar-refractivity contribution is 5.89. The Hall–Kier alpha value is -2.70. The van der Waals surface area contributed by atoms with E-state index in [0.29, 0.717) is 11.1 Å². The molecule has 0 spiro atoms. The lowest BCUT2D eigenvalue weighted by Gasteiger charge is -1.97. The number of non-ortho nitro benzene ring substituents is 1. The molecule has 0 aliphatic carbocycles. The van der Waals surface area contributed by atoms with Crippen LogP contribution in [0.5, 0.6) is 0 Å². The first kappa shape index (κ1) is 11.8. The standard InChI is InChI=1S/C11H8N2O5/c1-6-9(11(14)15)12-18-10(6)7-3-2-4-8(5-7)13(16)17/h2-5H,1H3,(H,14,15). The van der Waals surface area contributed by atoms with E-state index in [2.05, 4.69) is 5.16 Å². The Morgan fingerprint density at radius 3 is 2.78 bits per heavy atom. The van der Waals surface area contributed by atoms with E-state index < -0.39 is 10.9 Å². The Morgan fingerprint density at radius 2 is 2.22 bits per heavy atom. The van der Waals surface area contributed by atoms with Crippen molar-refractivity contribution in [2.24, 2.45) is 0 Å². The smallest absolute Gasteiger partial charge is 0.358 e. The van der Waals surface area contributed by atoms with Crippen LogP contribution in [0.2, 0.25) is 0 Å². The van der Waals surface area contributed by atoms with Gasteiger partial charge >= 0.3 is 5.97 Å². The van der Waals surface area contributed by atoms with Crippen molar-refractivity contribution in [3.63, 3.8) is 0 Å². The normalized spacial score (nSPS) is 10.3. The van der Waals surface area contributed by atoms with Crippen LogP contribution in [0.3, 0.4) is 0 Å². The highest BCUT2D eigenvalue weighted by atomic mass is 16.6. The topological polar surface area (TPSA) is 106 Å². The van der Waals surface area contributed by atoms with Crippen molar-refractivity contribution in [1.29, 1.82) is 0 Å². The van der Waals surface area contributed by atoms with Gasteiger partial charge in [-0.05, 0) is 6.92 Å². The highest BCUT2D eigenvalue weighted by Crippen LogP contribution is 2.28. The van der Waals surface area contributed by atoms with Gasteiger partial charge in [-0.15, -0.1) is 0 Å². The minimum Gasteiger partial charge on any atom is -0.476 e. The van der Waals surface area contributed by atoms with Gasteiger partial charge in [0.05, 0.1) is 4.92 Å². The van der Waals surface area contributed by atoms with Gasteiger partial charge in [0.25, 0.3) is 5.69 Å². The predicted molar refractivity (Wildman–Crippen MR) is 60.3 cm³/mol. The summed E-state index contributed by atoms with van der Waals surface area (Å²) in [5.41, 5.74) is 0.460. The van der Waals surface area contributed by atoms with E-state index in [4.69, 9.17) is 9.63 Å². The number of aromatic carboxylic acids is 1. The average molecular weight is 248 g/mol. The van der Waals surface area contributed by atoms with Gasteiger partial charge in [0.2, 0.25) is 0 Å². The highest BCUT2D eigenvalue weighted by Gasteiger charge is 2.20. The van der Waals surface area contributed by atoms with Crippen molar-refractivity contribution >= 4 is 11.7 Å². The van der Waals surface area contributed by atoms with Crippen molar-refractivity contribution in [2.75, 3.05) is 0 Å². The Bertz CT molecular complexity index is 632. The quantitative estimate of drug-likeness (QED) is 0.659. The summed E-state index contributed by atoms with van der Waals surface area (Å²) in [6.45, 7) is 1.54. The molecule has 0 aliphatic heterocycles. The molecule has 1 aromatic heterocycles. The van der Waals surface area contributed by atoms with E-state index in [1.807, 2.05) is 0 Å². The molecule has 1 N–H and O–H groups in total. The van der Waals surface area contributed by atoms with Gasteiger partial charge in [-0.3, -0.25) is 10.1 Å². The number of hydrogen-bond acceptors (Lipinski definition) is 5. The van der Waals surface area contributed by atoms with Crippen molar-refractivity contribution in [1.82, 2.24) is 5.16 Å². The fraction of sp³-hybridized carbons (Fsp3) is 0.0909. The number of aromatic nitrogens is 1. The molecule has 7 heteroatoms. The Labute approximate surface area is 101 Å². The lowest BCUT2D eigenvalue weighted by molar-refractivity contribution is -0.384. The zero-order valence-corrected chi connectivity index (χ0v) is 9.28. The van der Waals surface area contributed by atoms with Gasteiger partial charge in [0.1, 0.15) is 0 Å². The number of rotatable bonds is 3. The van der Waals surface area contributed by atoms with Crippen LogP contribution in [0, 0.1) is 17.0 Å². The van der Waals surface area contributed by atoms with Crippen LogP contribution in [0.4, 0.5) is 5.69 Å². The Balaban J connectivity index is 2.52. The van der Waals surface area contributed by atoms with Crippen LogP contribution in [-0.2, 0) is 0 Å². The van der Waals surface area contributed by atoms with Crippen LogP contribution in [0.1, 0.15) is 16.1 Å². The Morgan fingerprint density at radius 1 is 1.50 bits per heavy atom. The number of nitro groups is 1. The van der Waals surface area contributed by atoms with Crippen molar-refractivity contribution < 1.29 is 19.3 Å². The van der Waals surface area contributed by atoms with E-state index in [9.17, 15) is 14.9 Å². The number of benzene rings is 1. The first-order chi connectivity index (χ1) is 8.50. The number of carboxylic acids is 1. The molecule has 0 radical (unpaired) electrons. The molecule has 1 heterocycles. The fourth-order valence-electron chi connectivity index (χ4n) is 1.57. The zero-order valence-electron chi connectivity index (χ0n) is 9.28. The summed E-state index contributed by atoms with van der Waals surface area (Å²) in [6, 6.07) is 5.73. The molecule has 0 unspecified atom stereocenters. The van der Waals surface area contributed by atoms with E-state index in [1.54, 1.807) is 6.07 Å². The molecule has 18 heavy (non-hydrogen) atoms. The van der Waals surface area contributed by atoms with Gasteiger partial charge in [-0.2, -0.15) is 0 Å². The SMILES string of the molecule is Cc1c(C(=O)O)noc1-c1cccc([N+](=O)[O-])c1. The molecule has 0 fully saturated rings. The average Bonchev–Trinajstić information content (AvgIpc) is 2.71. The summed E-state index contributed by atoms with van der Waals surface area (Å²) in [5, 5.41) is 22.9. The summed E-state index contributed by atoms with van der Waals surface area (Å²) in [7, 11) is 0. The van der Waals surface area contributed by atoms with Crippen LogP contribution >= 0.6 is 0 Å². The van der Waals surface area contributed by atoms with Gasteiger partial charge < -0.3 is 9.63 Å². The van der Waals surface area contributed by atoms with Gasteiger partial charge in [-0.25, -0.2) is 4.79 Å². The number of nitro benzene ring substituents is 1. The Kier molecular flexibility index (Phi) is 2.80. The molecule has 0 atom stereocenters. The van der Waals surface area contributed by atoms with Crippen molar-refractivity contribution in [3.8, 4) is 11.3 Å². The number of hydrogen-bond donors (Lipinski definition) is 1. The van der Waals surface area contributed by atoms with E-state index in [0.717, 1.165) is 0 Å². The third kappa shape index (κ3) is 1.93. The second-order valence-corrected chi connectivity index (χ2v) is 3.60. The molecule has 2 rings (SSSR count). The number of carbonyl (C=O) groups is 1. The molecule has 0 amide bonds. The summed E-state index contributed by atoms with van der Waals surface area (Å²) in [6.07, 6.45) is 0. The number of carboxylic acid groups (broad SMARTS) is 1. The molecule has 0 saturated carbocycles. The van der Waals surface area contributed by atoms with Crippen molar-refractivity contribution in [3.05, 3.63) is 45.6 Å². The third-order valence-electron chi connectivity index (χ3n) is 2.45. The summed E-state index contributed by atoms with van der Waals surface area (Å²) >= 11 is 0. The molecule has 1 aromatic carbocycles. The molecule has 2 aromatic rings. The molecule has 7 nitrogen and oxygen atoms in total. The van der Waals surface area contributed by atoms with Crippen LogP contribution in [0.15, 0.2) is 28.8 Å². The minimum absolute atomic E-state index is 0.0971.